The second kappa shape index (κ2) is 6.49. The van der Waals surface area contributed by atoms with Gasteiger partial charge in [-0.1, -0.05) is 6.07 Å². The summed E-state index contributed by atoms with van der Waals surface area (Å²) in [6, 6.07) is 5.54. The Kier molecular flexibility index (Phi) is 4.69. The van der Waals surface area contributed by atoms with Crippen molar-refractivity contribution >= 4 is 27.4 Å². The van der Waals surface area contributed by atoms with E-state index >= 15 is 0 Å². The lowest BCUT2D eigenvalue weighted by Crippen LogP contribution is -2.04. The molecule has 1 aromatic heterocycles. The number of hydrogen-bond acceptors (Lipinski definition) is 5. The van der Waals surface area contributed by atoms with E-state index in [2.05, 4.69) is 26.2 Å². The first-order valence-electron chi connectivity index (χ1n) is 5.90. The van der Waals surface area contributed by atoms with E-state index in [1.54, 1.807) is 25.4 Å². The first-order chi connectivity index (χ1) is 10.0. The van der Waals surface area contributed by atoms with Gasteiger partial charge in [0.15, 0.2) is 5.75 Å². The maximum atomic E-state index is 13.5. The molecule has 0 spiro atoms. The van der Waals surface area contributed by atoms with E-state index in [1.165, 1.54) is 0 Å². The fourth-order valence-electron chi connectivity index (χ4n) is 1.71. The third kappa shape index (κ3) is 3.46. The van der Waals surface area contributed by atoms with Crippen molar-refractivity contribution in [2.45, 2.75) is 6.61 Å². The lowest BCUT2D eigenvalue weighted by Gasteiger charge is -2.10. The summed E-state index contributed by atoms with van der Waals surface area (Å²) >= 11 is 2.91. The van der Waals surface area contributed by atoms with Crippen LogP contribution in [0, 0.1) is 15.9 Å². The molecule has 8 heteroatoms. The summed E-state index contributed by atoms with van der Waals surface area (Å²) in [5, 5.41) is 13.9. The third-order valence-electron chi connectivity index (χ3n) is 2.71. The summed E-state index contributed by atoms with van der Waals surface area (Å²) in [6.07, 6.45) is 1.61. The highest BCUT2D eigenvalue weighted by molar-refractivity contribution is 9.10. The number of aromatic nitrogens is 1. The molecule has 0 aliphatic carbocycles. The Morgan fingerprint density at radius 2 is 2.29 bits per heavy atom. The summed E-state index contributed by atoms with van der Waals surface area (Å²) < 4.78 is 18.9. The average molecular weight is 356 g/mol. The normalized spacial score (nSPS) is 10.2. The molecule has 1 N–H and O–H groups in total. The van der Waals surface area contributed by atoms with Crippen LogP contribution in [-0.4, -0.2) is 17.0 Å². The maximum Gasteiger partial charge on any atom is 0.312 e. The molecule has 0 amide bonds. The molecular weight excluding hydrogens is 345 g/mol. The molecule has 6 nitrogen and oxygen atoms in total. The van der Waals surface area contributed by atoms with Crippen LogP contribution in [0.2, 0.25) is 0 Å². The predicted octanol–water partition coefficient (Wildman–Crippen LogP) is 3.51. The number of halogens is 2. The molecule has 0 radical (unpaired) electrons. The van der Waals surface area contributed by atoms with Gasteiger partial charge in [-0.3, -0.25) is 10.1 Å². The molecule has 0 bridgehead atoms. The zero-order valence-electron chi connectivity index (χ0n) is 11.0. The number of anilines is 1. The number of nitrogens with zero attached hydrogens (tertiary/aromatic N) is 2. The van der Waals surface area contributed by atoms with E-state index in [-0.39, 0.29) is 22.5 Å². The fraction of sp³-hybridized carbons (Fsp3) is 0.154. The van der Waals surface area contributed by atoms with Crippen LogP contribution >= 0.6 is 15.9 Å². The topological polar surface area (TPSA) is 77.3 Å². The molecule has 0 atom stereocenters. The predicted molar refractivity (Wildman–Crippen MR) is 78.9 cm³/mol. The van der Waals surface area contributed by atoms with Crippen molar-refractivity contribution in [3.63, 3.8) is 0 Å². The monoisotopic (exact) mass is 355 g/mol. The van der Waals surface area contributed by atoms with Crippen LogP contribution in [0.3, 0.4) is 0 Å². The van der Waals surface area contributed by atoms with E-state index in [4.69, 9.17) is 4.74 Å². The molecule has 2 aromatic rings. The van der Waals surface area contributed by atoms with Gasteiger partial charge in [0, 0.05) is 30.9 Å². The Balaban J connectivity index is 2.27. The van der Waals surface area contributed by atoms with Crippen LogP contribution in [0.25, 0.3) is 0 Å². The van der Waals surface area contributed by atoms with Crippen molar-refractivity contribution in [1.29, 1.82) is 0 Å². The van der Waals surface area contributed by atoms with E-state index in [0.29, 0.717) is 11.4 Å². The third-order valence-corrected chi connectivity index (χ3v) is 3.32. The molecule has 0 unspecified atom stereocenters. The fourth-order valence-corrected chi connectivity index (χ4v) is 2.04. The number of nitrogens with one attached hydrogen (secondary N) is 1. The van der Waals surface area contributed by atoms with Gasteiger partial charge in [0.05, 0.1) is 9.40 Å². The molecule has 2 rings (SSSR count). The van der Waals surface area contributed by atoms with Gasteiger partial charge in [-0.25, -0.2) is 9.37 Å². The van der Waals surface area contributed by atoms with E-state index in [1.807, 2.05) is 0 Å². The molecule has 21 heavy (non-hydrogen) atoms. The zero-order chi connectivity index (χ0) is 15.4. The number of pyridine rings is 1. The standard InChI is InChI=1S/C13H11BrFN3O3/c1-16-13-8(3-2-4-17-13)7-21-12-6-10(15)9(14)5-11(12)18(19)20/h2-6H,7H2,1H3,(H,16,17). The summed E-state index contributed by atoms with van der Waals surface area (Å²) in [7, 11) is 1.70. The Hall–Kier alpha value is -2.22. The minimum Gasteiger partial charge on any atom is -0.482 e. The minimum atomic E-state index is -0.629. The highest BCUT2D eigenvalue weighted by Gasteiger charge is 2.19. The Morgan fingerprint density at radius 3 is 2.95 bits per heavy atom. The van der Waals surface area contributed by atoms with Crippen LogP contribution in [0.4, 0.5) is 15.9 Å². The van der Waals surface area contributed by atoms with E-state index in [0.717, 1.165) is 12.1 Å². The van der Waals surface area contributed by atoms with Crippen LogP contribution in [0.5, 0.6) is 5.75 Å². The second-order valence-electron chi connectivity index (χ2n) is 4.04. The summed E-state index contributed by atoms with van der Waals surface area (Å²) in [6.45, 7) is 0.0337. The molecular formula is C13H11BrFN3O3. The van der Waals surface area contributed by atoms with Gasteiger partial charge in [0.2, 0.25) is 0 Å². The molecule has 1 heterocycles. The van der Waals surface area contributed by atoms with E-state index < -0.39 is 10.7 Å². The van der Waals surface area contributed by atoms with Crippen molar-refractivity contribution in [1.82, 2.24) is 4.98 Å². The Morgan fingerprint density at radius 1 is 1.52 bits per heavy atom. The van der Waals surface area contributed by atoms with Crippen molar-refractivity contribution in [3.8, 4) is 5.75 Å². The van der Waals surface area contributed by atoms with Gasteiger partial charge in [-0.2, -0.15) is 0 Å². The zero-order valence-corrected chi connectivity index (χ0v) is 12.6. The smallest absolute Gasteiger partial charge is 0.312 e. The summed E-state index contributed by atoms with van der Waals surface area (Å²) in [5.74, 6) is -0.167. The van der Waals surface area contributed by atoms with Crippen molar-refractivity contribution in [2.75, 3.05) is 12.4 Å². The van der Waals surface area contributed by atoms with Gasteiger partial charge >= 0.3 is 5.69 Å². The largest absolute Gasteiger partial charge is 0.482 e. The first-order valence-corrected chi connectivity index (χ1v) is 6.70. The number of nitro benzene ring substituents is 1. The molecule has 110 valence electrons. The number of nitro groups is 1. The van der Waals surface area contributed by atoms with Gasteiger partial charge in [0.1, 0.15) is 18.2 Å². The number of ether oxygens (including phenoxy) is 1. The van der Waals surface area contributed by atoms with Gasteiger partial charge in [-0.05, 0) is 22.0 Å². The number of benzene rings is 1. The van der Waals surface area contributed by atoms with Gasteiger partial charge < -0.3 is 10.1 Å². The van der Waals surface area contributed by atoms with Crippen LogP contribution in [0.1, 0.15) is 5.56 Å². The highest BCUT2D eigenvalue weighted by Crippen LogP contribution is 2.33. The summed E-state index contributed by atoms with van der Waals surface area (Å²) in [4.78, 5) is 14.4. The van der Waals surface area contributed by atoms with Crippen LogP contribution < -0.4 is 10.1 Å². The molecule has 0 fully saturated rings. The second-order valence-corrected chi connectivity index (χ2v) is 4.90. The SMILES string of the molecule is CNc1ncccc1COc1cc(F)c(Br)cc1[N+](=O)[O-]. The van der Waals surface area contributed by atoms with Crippen molar-refractivity contribution in [3.05, 3.63) is 56.4 Å². The highest BCUT2D eigenvalue weighted by atomic mass is 79.9. The van der Waals surface area contributed by atoms with Crippen LogP contribution in [-0.2, 0) is 6.61 Å². The van der Waals surface area contributed by atoms with Gasteiger partial charge in [-0.15, -0.1) is 0 Å². The van der Waals surface area contributed by atoms with Crippen molar-refractivity contribution < 1.29 is 14.1 Å². The quantitative estimate of drug-likeness (QED) is 0.655. The number of rotatable bonds is 5. The molecule has 1 aromatic carbocycles. The maximum absolute atomic E-state index is 13.5. The summed E-state index contributed by atoms with van der Waals surface area (Å²) in [5.41, 5.74) is 0.399. The van der Waals surface area contributed by atoms with Gasteiger partial charge in [0.25, 0.3) is 0 Å². The van der Waals surface area contributed by atoms with Crippen molar-refractivity contribution in [2.24, 2.45) is 0 Å². The van der Waals surface area contributed by atoms with Crippen LogP contribution in [0.15, 0.2) is 34.9 Å². The average Bonchev–Trinajstić information content (AvgIpc) is 2.48. The molecule has 0 saturated carbocycles. The Labute approximate surface area is 128 Å². The lowest BCUT2D eigenvalue weighted by molar-refractivity contribution is -0.386. The number of hydrogen-bond donors (Lipinski definition) is 1. The van der Waals surface area contributed by atoms with E-state index in [9.17, 15) is 14.5 Å². The molecule has 0 saturated heterocycles. The lowest BCUT2D eigenvalue weighted by atomic mass is 10.2. The first kappa shape index (κ1) is 15.2. The molecule has 0 aliphatic rings. The Bertz CT molecular complexity index is 682. The molecule has 0 aliphatic heterocycles. The minimum absolute atomic E-state index is 0.0128.